The predicted octanol–water partition coefficient (Wildman–Crippen LogP) is 5.95. The van der Waals surface area contributed by atoms with Crippen LogP contribution >= 0.6 is 0 Å². The van der Waals surface area contributed by atoms with Crippen LogP contribution in [0.5, 0.6) is 11.5 Å². The molecular weight excluding hydrogens is 468 g/mol. The van der Waals surface area contributed by atoms with E-state index in [9.17, 15) is 14.9 Å². The van der Waals surface area contributed by atoms with Gasteiger partial charge in [-0.05, 0) is 73.9 Å². The number of hydrogen-bond donors (Lipinski definition) is 2. The smallest absolute Gasteiger partial charge is 0.335 e. The SMILES string of the molecule is C=CCc1cc(/C=C(/C#N)C(=O)Nc2ccc(C)cc2)cc(OCC)c1OCc1ccc(C(=O)O)cc1. The summed E-state index contributed by atoms with van der Waals surface area (Å²) in [6, 6.07) is 19.3. The molecule has 37 heavy (non-hydrogen) atoms. The van der Waals surface area contributed by atoms with Crippen LogP contribution in [0, 0.1) is 18.3 Å². The van der Waals surface area contributed by atoms with Crippen LogP contribution in [0.3, 0.4) is 0 Å². The third-order valence-electron chi connectivity index (χ3n) is 5.39. The highest BCUT2D eigenvalue weighted by atomic mass is 16.5. The van der Waals surface area contributed by atoms with Crippen molar-refractivity contribution in [3.05, 3.63) is 107 Å². The van der Waals surface area contributed by atoms with E-state index in [2.05, 4.69) is 11.9 Å². The van der Waals surface area contributed by atoms with Gasteiger partial charge in [0.05, 0.1) is 12.2 Å². The minimum absolute atomic E-state index is 0.0558. The molecule has 0 saturated heterocycles. The van der Waals surface area contributed by atoms with Crippen LogP contribution in [0.25, 0.3) is 6.08 Å². The Morgan fingerprint density at radius 1 is 1.08 bits per heavy atom. The molecule has 1 amide bonds. The topological polar surface area (TPSA) is 109 Å². The number of nitriles is 1. The van der Waals surface area contributed by atoms with Crippen molar-refractivity contribution in [3.8, 4) is 17.6 Å². The summed E-state index contributed by atoms with van der Waals surface area (Å²) in [5.41, 5.74) is 3.97. The fraction of sp³-hybridized carbons (Fsp3) is 0.167. The van der Waals surface area contributed by atoms with Crippen LogP contribution in [0.4, 0.5) is 5.69 Å². The molecular formula is C30H28N2O5. The van der Waals surface area contributed by atoms with Gasteiger partial charge in [0.15, 0.2) is 11.5 Å². The van der Waals surface area contributed by atoms with Crippen LogP contribution in [-0.2, 0) is 17.8 Å². The van der Waals surface area contributed by atoms with Crippen molar-refractivity contribution in [1.29, 1.82) is 5.26 Å². The molecule has 0 unspecified atom stereocenters. The Bertz CT molecular complexity index is 1350. The highest BCUT2D eigenvalue weighted by molar-refractivity contribution is 6.09. The van der Waals surface area contributed by atoms with Crippen molar-refractivity contribution >= 4 is 23.6 Å². The van der Waals surface area contributed by atoms with E-state index in [1.807, 2.05) is 38.1 Å². The van der Waals surface area contributed by atoms with E-state index in [1.54, 1.807) is 36.4 Å². The fourth-order valence-electron chi connectivity index (χ4n) is 3.55. The number of allylic oxidation sites excluding steroid dienone is 1. The monoisotopic (exact) mass is 496 g/mol. The minimum Gasteiger partial charge on any atom is -0.490 e. The van der Waals surface area contributed by atoms with Gasteiger partial charge in [0.25, 0.3) is 5.91 Å². The largest absolute Gasteiger partial charge is 0.490 e. The Kier molecular flexibility index (Phi) is 9.23. The zero-order valence-corrected chi connectivity index (χ0v) is 20.8. The maximum atomic E-state index is 12.7. The molecule has 0 radical (unpaired) electrons. The summed E-state index contributed by atoms with van der Waals surface area (Å²) in [5, 5.41) is 21.5. The van der Waals surface area contributed by atoms with E-state index in [4.69, 9.17) is 14.6 Å². The molecule has 0 spiro atoms. The summed E-state index contributed by atoms with van der Waals surface area (Å²) in [7, 11) is 0. The maximum Gasteiger partial charge on any atom is 0.335 e. The molecule has 0 aliphatic heterocycles. The van der Waals surface area contributed by atoms with E-state index < -0.39 is 11.9 Å². The van der Waals surface area contributed by atoms with E-state index in [-0.39, 0.29) is 17.7 Å². The minimum atomic E-state index is -0.993. The number of amides is 1. The summed E-state index contributed by atoms with van der Waals surface area (Å²) in [5.74, 6) is -0.526. The van der Waals surface area contributed by atoms with Gasteiger partial charge in [-0.1, -0.05) is 35.9 Å². The van der Waals surface area contributed by atoms with Gasteiger partial charge in [0.2, 0.25) is 0 Å². The molecule has 3 rings (SSSR count). The summed E-state index contributed by atoms with van der Waals surface area (Å²) >= 11 is 0. The molecule has 0 saturated carbocycles. The van der Waals surface area contributed by atoms with Gasteiger partial charge in [-0.2, -0.15) is 5.26 Å². The van der Waals surface area contributed by atoms with Crippen LogP contribution < -0.4 is 14.8 Å². The number of rotatable bonds is 11. The number of aromatic carboxylic acids is 1. The highest BCUT2D eigenvalue weighted by Gasteiger charge is 2.16. The first-order valence-corrected chi connectivity index (χ1v) is 11.7. The second-order valence-corrected chi connectivity index (χ2v) is 8.21. The predicted molar refractivity (Wildman–Crippen MR) is 143 cm³/mol. The zero-order chi connectivity index (χ0) is 26.8. The second-order valence-electron chi connectivity index (χ2n) is 8.21. The molecule has 2 N–H and O–H groups in total. The van der Waals surface area contributed by atoms with Gasteiger partial charge in [-0.25, -0.2) is 4.79 Å². The van der Waals surface area contributed by atoms with Crippen molar-refractivity contribution in [3.63, 3.8) is 0 Å². The van der Waals surface area contributed by atoms with E-state index >= 15 is 0 Å². The lowest BCUT2D eigenvalue weighted by Crippen LogP contribution is -2.13. The van der Waals surface area contributed by atoms with Crippen molar-refractivity contribution in [1.82, 2.24) is 0 Å². The quantitative estimate of drug-likeness (QED) is 0.193. The average molecular weight is 497 g/mol. The van der Waals surface area contributed by atoms with Crippen LogP contribution in [-0.4, -0.2) is 23.6 Å². The van der Waals surface area contributed by atoms with Gasteiger partial charge >= 0.3 is 5.97 Å². The van der Waals surface area contributed by atoms with E-state index in [1.165, 1.54) is 18.2 Å². The molecule has 0 atom stereocenters. The Balaban J connectivity index is 1.90. The zero-order valence-electron chi connectivity index (χ0n) is 20.8. The fourth-order valence-corrected chi connectivity index (χ4v) is 3.55. The lowest BCUT2D eigenvalue weighted by Gasteiger charge is -2.17. The number of hydrogen-bond acceptors (Lipinski definition) is 5. The molecule has 0 aromatic heterocycles. The van der Waals surface area contributed by atoms with Crippen molar-refractivity contribution in [2.24, 2.45) is 0 Å². The van der Waals surface area contributed by atoms with Crippen LogP contribution in [0.1, 0.15) is 39.5 Å². The molecule has 7 nitrogen and oxygen atoms in total. The number of carbonyl (C=O) groups excluding carboxylic acids is 1. The standard InChI is InChI=1S/C30H28N2O5/c1-4-6-24-15-22(16-25(18-31)29(33)32-26-13-7-20(3)8-14-26)17-27(36-5-2)28(24)37-19-21-9-11-23(12-10-21)30(34)35/h4,7-17H,1,5-6,19H2,2-3H3,(H,32,33)(H,34,35)/b25-16-. The van der Waals surface area contributed by atoms with Crippen molar-refractivity contribution in [2.75, 3.05) is 11.9 Å². The molecule has 0 bridgehead atoms. The van der Waals surface area contributed by atoms with Crippen LogP contribution in [0.15, 0.2) is 78.9 Å². The lowest BCUT2D eigenvalue weighted by molar-refractivity contribution is -0.112. The average Bonchev–Trinajstić information content (AvgIpc) is 2.88. The van der Waals surface area contributed by atoms with E-state index in [0.29, 0.717) is 35.8 Å². The van der Waals surface area contributed by atoms with E-state index in [0.717, 1.165) is 16.7 Å². The number of ether oxygens (including phenoxy) is 2. The summed E-state index contributed by atoms with van der Waals surface area (Å²) in [6.45, 7) is 8.19. The van der Waals surface area contributed by atoms with Gasteiger partial charge in [0.1, 0.15) is 18.2 Å². The number of carboxylic acids is 1. The number of nitrogens with one attached hydrogen (secondary N) is 1. The molecule has 0 aliphatic rings. The lowest BCUT2D eigenvalue weighted by atomic mass is 10.0. The first-order valence-electron chi connectivity index (χ1n) is 11.7. The Labute approximate surface area is 216 Å². The third kappa shape index (κ3) is 7.33. The number of benzene rings is 3. The molecule has 0 heterocycles. The number of carboxylic acid groups (broad SMARTS) is 1. The highest BCUT2D eigenvalue weighted by Crippen LogP contribution is 2.35. The Morgan fingerprint density at radius 3 is 2.38 bits per heavy atom. The van der Waals surface area contributed by atoms with Crippen molar-refractivity contribution in [2.45, 2.75) is 26.9 Å². The number of carbonyl (C=O) groups is 2. The first-order chi connectivity index (χ1) is 17.8. The number of nitrogens with zero attached hydrogens (tertiary/aromatic N) is 1. The molecule has 3 aromatic carbocycles. The Morgan fingerprint density at radius 2 is 1.78 bits per heavy atom. The van der Waals surface area contributed by atoms with Crippen LogP contribution in [0.2, 0.25) is 0 Å². The summed E-state index contributed by atoms with van der Waals surface area (Å²) in [4.78, 5) is 23.8. The molecule has 188 valence electrons. The van der Waals surface area contributed by atoms with Gasteiger partial charge in [-0.3, -0.25) is 4.79 Å². The molecule has 3 aromatic rings. The molecule has 0 fully saturated rings. The number of anilines is 1. The second kappa shape index (κ2) is 12.8. The van der Waals surface area contributed by atoms with Crippen molar-refractivity contribution < 1.29 is 24.2 Å². The number of aryl methyl sites for hydroxylation is 1. The normalized spacial score (nSPS) is 10.8. The third-order valence-corrected chi connectivity index (χ3v) is 5.39. The van der Waals surface area contributed by atoms with Gasteiger partial charge in [-0.15, -0.1) is 6.58 Å². The summed E-state index contributed by atoms with van der Waals surface area (Å²) in [6.07, 6.45) is 3.70. The van der Waals surface area contributed by atoms with Gasteiger partial charge < -0.3 is 19.9 Å². The Hall–Kier alpha value is -4.83. The maximum absolute atomic E-state index is 12.7. The molecule has 0 aliphatic carbocycles. The first kappa shape index (κ1) is 26.8. The summed E-state index contributed by atoms with van der Waals surface area (Å²) < 4.78 is 11.9. The van der Waals surface area contributed by atoms with Gasteiger partial charge in [0, 0.05) is 11.3 Å². The molecule has 7 heteroatoms.